The molecular formula is C21H20ClF2N5O4S. The number of methoxy groups -OCH3 is 1. The highest BCUT2D eigenvalue weighted by molar-refractivity contribution is 7.92. The molecule has 0 bridgehead atoms. The van der Waals surface area contributed by atoms with Gasteiger partial charge in [0.25, 0.3) is 15.9 Å². The van der Waals surface area contributed by atoms with Crippen molar-refractivity contribution in [2.24, 2.45) is 0 Å². The van der Waals surface area contributed by atoms with Crippen molar-refractivity contribution in [3.63, 3.8) is 0 Å². The van der Waals surface area contributed by atoms with Crippen molar-refractivity contribution in [1.29, 1.82) is 0 Å². The van der Waals surface area contributed by atoms with E-state index in [0.717, 1.165) is 18.2 Å². The number of carbonyl (C=O) groups excluding carboxylic acids is 1. The van der Waals surface area contributed by atoms with Crippen LogP contribution in [-0.2, 0) is 23.0 Å². The molecule has 2 N–H and O–H groups in total. The smallest absolute Gasteiger partial charge is 0.271 e. The van der Waals surface area contributed by atoms with Gasteiger partial charge in [0.2, 0.25) is 5.88 Å². The quantitative estimate of drug-likeness (QED) is 0.525. The molecule has 1 aromatic carbocycles. The molecule has 4 rings (SSSR count). The van der Waals surface area contributed by atoms with Crippen molar-refractivity contribution in [2.45, 2.75) is 30.2 Å². The topological polar surface area (TPSA) is 115 Å². The number of carbonyl (C=O) groups is 1. The fourth-order valence-electron chi connectivity index (χ4n) is 3.99. The third-order valence-corrected chi connectivity index (χ3v) is 7.15. The lowest BCUT2D eigenvalue weighted by atomic mass is 9.89. The Balaban J connectivity index is 1.67. The van der Waals surface area contributed by atoms with Gasteiger partial charge in [0.05, 0.1) is 29.8 Å². The lowest BCUT2D eigenvalue weighted by Gasteiger charge is -2.26. The molecule has 3 heterocycles. The molecule has 1 unspecified atom stereocenters. The zero-order valence-corrected chi connectivity index (χ0v) is 19.7. The third-order valence-electron chi connectivity index (χ3n) is 5.58. The normalized spacial score (nSPS) is 15.5. The fraction of sp³-hybridized carbons (Fsp3) is 0.286. The average Bonchev–Trinajstić information content (AvgIpc) is 3.24. The summed E-state index contributed by atoms with van der Waals surface area (Å²) >= 11 is 5.87. The van der Waals surface area contributed by atoms with Crippen LogP contribution in [0, 0.1) is 11.6 Å². The largest absolute Gasteiger partial charge is 0.480 e. The Kier molecular flexibility index (Phi) is 6.45. The molecule has 0 saturated carbocycles. The van der Waals surface area contributed by atoms with Crippen LogP contribution in [-0.4, -0.2) is 43.0 Å². The number of nitrogens with zero attached hydrogens (tertiary/aromatic N) is 3. The summed E-state index contributed by atoms with van der Waals surface area (Å²) in [6, 6.07) is 3.12. The number of imidazole rings is 1. The first-order valence-electron chi connectivity index (χ1n) is 10.1. The van der Waals surface area contributed by atoms with Gasteiger partial charge in [-0.1, -0.05) is 11.6 Å². The maximum Gasteiger partial charge on any atom is 0.271 e. The monoisotopic (exact) mass is 511 g/mol. The number of rotatable bonds is 6. The van der Waals surface area contributed by atoms with E-state index in [0.29, 0.717) is 18.5 Å². The zero-order chi connectivity index (χ0) is 24.6. The number of sulfonamides is 1. The van der Waals surface area contributed by atoms with Crippen LogP contribution >= 0.6 is 11.6 Å². The molecule has 0 radical (unpaired) electrons. The molecule has 0 fully saturated rings. The van der Waals surface area contributed by atoms with Gasteiger partial charge >= 0.3 is 0 Å². The summed E-state index contributed by atoms with van der Waals surface area (Å²) in [5.74, 6) is -3.01. The number of benzene rings is 1. The molecule has 2 aromatic heterocycles. The number of halogens is 3. The second-order valence-corrected chi connectivity index (χ2v) is 9.68. The van der Waals surface area contributed by atoms with Gasteiger partial charge in [-0.15, -0.1) is 0 Å². The van der Waals surface area contributed by atoms with Crippen LogP contribution in [0.1, 0.15) is 34.1 Å². The number of pyridine rings is 1. The van der Waals surface area contributed by atoms with Crippen LogP contribution in [0.3, 0.4) is 0 Å². The van der Waals surface area contributed by atoms with Crippen molar-refractivity contribution in [1.82, 2.24) is 19.9 Å². The number of anilines is 1. The SMILES string of the molecule is CNC(=O)c1ncn2c1CCC(c1c(F)ccc(NS(=O)(=O)c3cc(Cl)cnc3OC)c1F)C2. The third kappa shape index (κ3) is 4.30. The highest BCUT2D eigenvalue weighted by Gasteiger charge is 2.31. The van der Waals surface area contributed by atoms with Crippen molar-refractivity contribution in [3.8, 4) is 5.88 Å². The maximum atomic E-state index is 15.5. The van der Waals surface area contributed by atoms with Gasteiger partial charge in [-0.05, 0) is 31.0 Å². The Morgan fingerprint density at radius 1 is 1.29 bits per heavy atom. The summed E-state index contributed by atoms with van der Waals surface area (Å²) < 4.78 is 64.8. The van der Waals surface area contributed by atoms with Gasteiger partial charge in [0.1, 0.15) is 11.5 Å². The highest BCUT2D eigenvalue weighted by Crippen LogP contribution is 2.36. The van der Waals surface area contributed by atoms with Gasteiger partial charge in [-0.3, -0.25) is 9.52 Å². The minimum atomic E-state index is -4.36. The molecule has 9 nitrogen and oxygen atoms in total. The Morgan fingerprint density at radius 3 is 2.76 bits per heavy atom. The molecule has 1 atom stereocenters. The molecule has 180 valence electrons. The van der Waals surface area contributed by atoms with Gasteiger partial charge < -0.3 is 14.6 Å². The van der Waals surface area contributed by atoms with Crippen LogP contribution in [0.2, 0.25) is 5.02 Å². The van der Waals surface area contributed by atoms with E-state index in [1.165, 1.54) is 26.7 Å². The first kappa shape index (κ1) is 23.9. The molecule has 1 aliphatic heterocycles. The summed E-state index contributed by atoms with van der Waals surface area (Å²) in [5, 5.41) is 2.55. The standard InChI is InChI=1S/C21H20ClF2N5O4S/c1-25-20(30)19-15-6-3-11(9-29(15)10-27-19)17-13(23)4-5-14(18(17)24)28-34(31,32)16-7-12(22)8-26-21(16)33-2/h4-5,7-8,10-11,28H,3,6,9H2,1-2H3,(H,25,30). The Labute approximate surface area is 199 Å². The molecule has 0 aliphatic carbocycles. The molecule has 1 aliphatic rings. The van der Waals surface area contributed by atoms with E-state index < -0.39 is 38.2 Å². The summed E-state index contributed by atoms with van der Waals surface area (Å²) in [6.07, 6.45) is 3.37. The first-order chi connectivity index (χ1) is 16.2. The lowest BCUT2D eigenvalue weighted by molar-refractivity contribution is 0.0957. The Hall–Kier alpha value is -3.25. The van der Waals surface area contributed by atoms with Crippen molar-refractivity contribution >= 4 is 33.2 Å². The van der Waals surface area contributed by atoms with E-state index in [1.54, 1.807) is 4.57 Å². The van der Waals surface area contributed by atoms with E-state index >= 15 is 4.39 Å². The Bertz CT molecular complexity index is 1380. The molecule has 3 aromatic rings. The predicted octanol–water partition coefficient (Wildman–Crippen LogP) is 3.11. The number of ether oxygens (including phenoxy) is 1. The summed E-state index contributed by atoms with van der Waals surface area (Å²) in [5.41, 5.74) is 0.263. The van der Waals surface area contributed by atoms with Crippen LogP contribution in [0.5, 0.6) is 5.88 Å². The second-order valence-electron chi connectivity index (χ2n) is 7.60. The van der Waals surface area contributed by atoms with Crippen LogP contribution in [0.15, 0.2) is 35.6 Å². The number of amides is 1. The number of fused-ring (bicyclic) bond motifs is 1. The number of hydrogen-bond donors (Lipinski definition) is 2. The van der Waals surface area contributed by atoms with Crippen LogP contribution in [0.25, 0.3) is 0 Å². The molecule has 0 spiro atoms. The van der Waals surface area contributed by atoms with Gasteiger partial charge in [-0.2, -0.15) is 0 Å². The van der Waals surface area contributed by atoms with E-state index in [-0.39, 0.29) is 34.6 Å². The van der Waals surface area contributed by atoms with E-state index in [4.69, 9.17) is 16.3 Å². The number of aromatic nitrogens is 3. The zero-order valence-electron chi connectivity index (χ0n) is 18.1. The molecular weight excluding hydrogens is 492 g/mol. The average molecular weight is 512 g/mol. The van der Waals surface area contributed by atoms with Gasteiger partial charge in [-0.25, -0.2) is 27.2 Å². The summed E-state index contributed by atoms with van der Waals surface area (Å²) in [6.45, 7) is 0.176. The van der Waals surface area contributed by atoms with E-state index in [1.807, 2.05) is 0 Å². The van der Waals surface area contributed by atoms with Crippen molar-refractivity contribution in [3.05, 3.63) is 64.3 Å². The maximum absolute atomic E-state index is 15.5. The number of nitrogens with one attached hydrogen (secondary N) is 2. The van der Waals surface area contributed by atoms with E-state index in [9.17, 15) is 17.6 Å². The lowest BCUT2D eigenvalue weighted by Crippen LogP contribution is -2.25. The van der Waals surface area contributed by atoms with Crippen LogP contribution < -0.4 is 14.8 Å². The summed E-state index contributed by atoms with van der Waals surface area (Å²) in [4.78, 5) is 19.5. The minimum Gasteiger partial charge on any atom is -0.480 e. The second kappa shape index (κ2) is 9.18. The van der Waals surface area contributed by atoms with E-state index in [2.05, 4.69) is 20.0 Å². The summed E-state index contributed by atoms with van der Waals surface area (Å²) in [7, 11) is -1.64. The Morgan fingerprint density at radius 2 is 2.06 bits per heavy atom. The molecule has 34 heavy (non-hydrogen) atoms. The molecule has 1 amide bonds. The highest BCUT2D eigenvalue weighted by atomic mass is 35.5. The fourth-order valence-corrected chi connectivity index (χ4v) is 5.41. The first-order valence-corrected chi connectivity index (χ1v) is 12.0. The molecule has 13 heteroatoms. The molecule has 0 saturated heterocycles. The number of hydrogen-bond acceptors (Lipinski definition) is 6. The predicted molar refractivity (Wildman–Crippen MR) is 120 cm³/mol. The van der Waals surface area contributed by atoms with Gasteiger partial charge in [0, 0.05) is 31.3 Å². The minimum absolute atomic E-state index is 0.0379. The van der Waals surface area contributed by atoms with Crippen LogP contribution in [0.4, 0.5) is 14.5 Å². The van der Waals surface area contributed by atoms with Crippen molar-refractivity contribution < 1.29 is 26.7 Å². The van der Waals surface area contributed by atoms with Crippen molar-refractivity contribution in [2.75, 3.05) is 18.9 Å². The van der Waals surface area contributed by atoms with Gasteiger partial charge in [0.15, 0.2) is 10.7 Å².